The minimum atomic E-state index is -3.55. The molecule has 0 aliphatic heterocycles. The zero-order chi connectivity index (χ0) is 11.6. The lowest BCUT2D eigenvalue weighted by Crippen LogP contribution is -2.01. The molecular weight excluding hydrogens is 248 g/mol. The zero-order valence-electron chi connectivity index (χ0n) is 8.25. The van der Waals surface area contributed by atoms with E-state index in [-0.39, 0.29) is 5.75 Å². The highest BCUT2D eigenvalue weighted by Gasteiger charge is 2.11. The summed E-state index contributed by atoms with van der Waals surface area (Å²) in [4.78, 5) is 3.92. The Hall–Kier alpha value is -1.33. The van der Waals surface area contributed by atoms with Crippen LogP contribution in [0.5, 0.6) is 0 Å². The summed E-state index contributed by atoms with van der Waals surface area (Å²) < 4.78 is 23.9. The molecule has 2 rings (SSSR count). The van der Waals surface area contributed by atoms with E-state index < -0.39 is 9.05 Å². The number of imidazole rings is 1. The highest BCUT2D eigenvalue weighted by molar-refractivity contribution is 8.13. The number of hydrogen-bond donors (Lipinski definition) is 0. The molecule has 6 heteroatoms. The minimum Gasteiger partial charge on any atom is -0.306 e. The molecule has 0 radical (unpaired) electrons. The van der Waals surface area contributed by atoms with Gasteiger partial charge in [0, 0.05) is 23.1 Å². The molecular formula is C10H9ClN2O2S. The van der Waals surface area contributed by atoms with Gasteiger partial charge < -0.3 is 4.57 Å². The molecule has 0 saturated heterocycles. The number of nitrogens with zero attached hydrogens (tertiary/aromatic N) is 2. The number of rotatable bonds is 3. The van der Waals surface area contributed by atoms with E-state index in [9.17, 15) is 8.42 Å². The summed E-state index contributed by atoms with van der Waals surface area (Å²) in [6.45, 7) is 0. The van der Waals surface area contributed by atoms with Crippen molar-refractivity contribution >= 4 is 19.7 Å². The van der Waals surface area contributed by atoms with E-state index >= 15 is 0 Å². The molecule has 1 aromatic heterocycles. The molecule has 0 unspecified atom stereocenters. The largest absolute Gasteiger partial charge is 0.306 e. The Bertz CT molecular complexity index is 579. The number of para-hydroxylation sites is 1. The molecule has 1 aromatic carbocycles. The van der Waals surface area contributed by atoms with E-state index in [0.717, 1.165) is 5.69 Å². The summed E-state index contributed by atoms with van der Waals surface area (Å²) in [5.41, 5.74) is 1.42. The van der Waals surface area contributed by atoms with Crippen LogP contribution in [0.3, 0.4) is 0 Å². The van der Waals surface area contributed by atoms with Crippen molar-refractivity contribution < 1.29 is 8.42 Å². The normalized spacial score (nSPS) is 11.6. The minimum absolute atomic E-state index is 0.192. The van der Waals surface area contributed by atoms with Crippen molar-refractivity contribution in [1.29, 1.82) is 0 Å². The van der Waals surface area contributed by atoms with Crippen LogP contribution in [-0.2, 0) is 14.8 Å². The van der Waals surface area contributed by atoms with Crippen molar-refractivity contribution in [2.45, 2.75) is 5.75 Å². The van der Waals surface area contributed by atoms with Gasteiger partial charge in [-0.05, 0) is 11.6 Å². The molecule has 0 amide bonds. The topological polar surface area (TPSA) is 52.0 Å². The van der Waals surface area contributed by atoms with E-state index in [1.807, 2.05) is 12.1 Å². The lowest BCUT2D eigenvalue weighted by molar-refractivity contribution is 0.609. The van der Waals surface area contributed by atoms with Crippen LogP contribution in [0.1, 0.15) is 5.56 Å². The Labute approximate surface area is 97.9 Å². The standard InChI is InChI=1S/C10H9ClN2O2S/c11-16(14,15)7-9-3-1-2-4-10(9)13-6-5-12-8-13/h1-6,8H,7H2. The fourth-order valence-electron chi connectivity index (χ4n) is 1.47. The van der Waals surface area contributed by atoms with Gasteiger partial charge in [0.2, 0.25) is 9.05 Å². The molecule has 84 valence electrons. The monoisotopic (exact) mass is 256 g/mol. The highest BCUT2D eigenvalue weighted by atomic mass is 35.7. The number of benzene rings is 1. The molecule has 0 N–H and O–H groups in total. The van der Waals surface area contributed by atoms with Gasteiger partial charge in [0.1, 0.15) is 0 Å². The van der Waals surface area contributed by atoms with E-state index in [1.165, 1.54) is 0 Å². The lowest BCUT2D eigenvalue weighted by Gasteiger charge is -2.08. The molecule has 0 spiro atoms. The van der Waals surface area contributed by atoms with Crippen molar-refractivity contribution in [1.82, 2.24) is 9.55 Å². The smallest absolute Gasteiger partial charge is 0.236 e. The first-order valence-electron chi connectivity index (χ1n) is 4.55. The maximum absolute atomic E-state index is 11.1. The van der Waals surface area contributed by atoms with Gasteiger partial charge in [-0.25, -0.2) is 13.4 Å². The Balaban J connectivity index is 2.47. The summed E-state index contributed by atoms with van der Waals surface area (Å²) >= 11 is 0. The van der Waals surface area contributed by atoms with E-state index in [0.29, 0.717) is 5.56 Å². The van der Waals surface area contributed by atoms with Crippen LogP contribution in [0.25, 0.3) is 5.69 Å². The van der Waals surface area contributed by atoms with Crippen LogP contribution >= 0.6 is 10.7 Å². The first-order chi connectivity index (χ1) is 7.56. The molecule has 16 heavy (non-hydrogen) atoms. The molecule has 0 fully saturated rings. The van der Waals surface area contributed by atoms with Crippen molar-refractivity contribution in [2.75, 3.05) is 0 Å². The summed E-state index contributed by atoms with van der Waals surface area (Å²) in [5, 5.41) is 0. The number of hydrogen-bond acceptors (Lipinski definition) is 3. The van der Waals surface area contributed by atoms with Crippen molar-refractivity contribution in [2.24, 2.45) is 0 Å². The summed E-state index contributed by atoms with van der Waals surface area (Å²) in [5.74, 6) is -0.192. The lowest BCUT2D eigenvalue weighted by atomic mass is 10.2. The zero-order valence-corrected chi connectivity index (χ0v) is 9.82. The van der Waals surface area contributed by atoms with Gasteiger partial charge in [0.25, 0.3) is 0 Å². The second-order valence-electron chi connectivity index (χ2n) is 3.28. The quantitative estimate of drug-likeness (QED) is 0.789. The molecule has 0 aliphatic carbocycles. The third kappa shape index (κ3) is 2.62. The van der Waals surface area contributed by atoms with Crippen molar-refractivity contribution in [3.8, 4) is 5.69 Å². The average molecular weight is 257 g/mol. The van der Waals surface area contributed by atoms with Gasteiger partial charge in [-0.3, -0.25) is 0 Å². The molecule has 0 saturated carbocycles. The third-order valence-electron chi connectivity index (χ3n) is 2.10. The maximum atomic E-state index is 11.1. The SMILES string of the molecule is O=S(=O)(Cl)Cc1ccccc1-n1ccnc1. The van der Waals surface area contributed by atoms with E-state index in [1.54, 1.807) is 35.4 Å². The Kier molecular flexibility index (Phi) is 2.98. The Morgan fingerprint density at radius 3 is 2.69 bits per heavy atom. The van der Waals surface area contributed by atoms with Gasteiger partial charge >= 0.3 is 0 Å². The Morgan fingerprint density at radius 2 is 2.06 bits per heavy atom. The van der Waals surface area contributed by atoms with E-state index in [4.69, 9.17) is 10.7 Å². The Morgan fingerprint density at radius 1 is 1.31 bits per heavy atom. The fourth-order valence-corrected chi connectivity index (χ4v) is 2.44. The van der Waals surface area contributed by atoms with Gasteiger partial charge in [0.05, 0.1) is 17.8 Å². The first-order valence-corrected chi connectivity index (χ1v) is 7.03. The number of aromatic nitrogens is 2. The second kappa shape index (κ2) is 4.27. The van der Waals surface area contributed by atoms with Crippen LogP contribution in [-0.4, -0.2) is 18.0 Å². The van der Waals surface area contributed by atoms with Crippen LogP contribution in [0.15, 0.2) is 43.0 Å². The summed E-state index contributed by atoms with van der Waals surface area (Å²) in [6, 6.07) is 7.16. The predicted molar refractivity (Wildman–Crippen MR) is 62.0 cm³/mol. The molecule has 0 atom stereocenters. The first kappa shape index (κ1) is 11.2. The third-order valence-corrected chi connectivity index (χ3v) is 3.09. The molecule has 0 bridgehead atoms. The highest BCUT2D eigenvalue weighted by Crippen LogP contribution is 2.18. The summed E-state index contributed by atoms with van der Waals surface area (Å²) in [7, 11) is 1.70. The van der Waals surface area contributed by atoms with Crippen LogP contribution < -0.4 is 0 Å². The van der Waals surface area contributed by atoms with E-state index in [2.05, 4.69) is 4.98 Å². The van der Waals surface area contributed by atoms with Crippen molar-refractivity contribution in [3.05, 3.63) is 48.5 Å². The van der Waals surface area contributed by atoms with Gasteiger partial charge in [-0.2, -0.15) is 0 Å². The average Bonchev–Trinajstić information content (AvgIpc) is 2.69. The number of halogens is 1. The van der Waals surface area contributed by atoms with Gasteiger partial charge in [-0.1, -0.05) is 18.2 Å². The summed E-state index contributed by atoms with van der Waals surface area (Å²) in [6.07, 6.45) is 4.99. The van der Waals surface area contributed by atoms with Crippen LogP contribution in [0.4, 0.5) is 0 Å². The van der Waals surface area contributed by atoms with Crippen LogP contribution in [0.2, 0.25) is 0 Å². The predicted octanol–water partition coefficient (Wildman–Crippen LogP) is 1.94. The molecule has 0 aliphatic rings. The maximum Gasteiger partial charge on any atom is 0.236 e. The van der Waals surface area contributed by atoms with Gasteiger partial charge in [0.15, 0.2) is 0 Å². The second-order valence-corrected chi connectivity index (χ2v) is 6.06. The molecule has 2 aromatic rings. The molecule has 4 nitrogen and oxygen atoms in total. The molecule has 1 heterocycles. The van der Waals surface area contributed by atoms with Gasteiger partial charge in [-0.15, -0.1) is 0 Å². The fraction of sp³-hybridized carbons (Fsp3) is 0.100. The van der Waals surface area contributed by atoms with Crippen LogP contribution in [0, 0.1) is 0 Å². The van der Waals surface area contributed by atoms with Crippen molar-refractivity contribution in [3.63, 3.8) is 0 Å².